The number of aryl methyl sites for hydroxylation is 1. The van der Waals surface area contributed by atoms with Gasteiger partial charge in [-0.1, -0.05) is 0 Å². The van der Waals surface area contributed by atoms with Crippen molar-refractivity contribution in [2.75, 3.05) is 31.5 Å². The molecule has 1 aliphatic heterocycles. The van der Waals surface area contributed by atoms with Crippen LogP contribution in [0.25, 0.3) is 0 Å². The molecule has 0 spiro atoms. The predicted molar refractivity (Wildman–Crippen MR) is 92.4 cm³/mol. The van der Waals surface area contributed by atoms with Crippen molar-refractivity contribution < 1.29 is 4.79 Å². The molecule has 0 saturated carbocycles. The summed E-state index contributed by atoms with van der Waals surface area (Å²) < 4.78 is 2.06. The van der Waals surface area contributed by atoms with Gasteiger partial charge in [0.25, 0.3) is 0 Å². The highest BCUT2D eigenvalue weighted by molar-refractivity contribution is 5.92. The number of nitrogens with zero attached hydrogens (tertiary/aromatic N) is 5. The minimum absolute atomic E-state index is 0.0194. The van der Waals surface area contributed by atoms with Crippen LogP contribution in [0, 0.1) is 0 Å². The summed E-state index contributed by atoms with van der Waals surface area (Å²) in [6.45, 7) is 6.18. The average molecular weight is 328 g/mol. The third-order valence-electron chi connectivity index (χ3n) is 4.45. The fraction of sp³-hybridized carbons (Fsp3) is 0.471. The number of hydrogen-bond acceptors (Lipinski definition) is 5. The maximum Gasteiger partial charge on any atom is 0.238 e. The zero-order valence-corrected chi connectivity index (χ0v) is 14.2. The Morgan fingerprint density at radius 2 is 2.08 bits per heavy atom. The number of rotatable bonds is 5. The van der Waals surface area contributed by atoms with E-state index in [1.807, 2.05) is 19.4 Å². The first-order chi connectivity index (χ1) is 11.6. The van der Waals surface area contributed by atoms with E-state index in [0.29, 0.717) is 12.6 Å². The molecule has 128 valence electrons. The van der Waals surface area contributed by atoms with Gasteiger partial charge in [0.15, 0.2) is 0 Å². The first kappa shape index (κ1) is 16.6. The predicted octanol–water partition coefficient (Wildman–Crippen LogP) is 0.960. The number of imidazole rings is 1. The van der Waals surface area contributed by atoms with Gasteiger partial charge in [-0.15, -0.1) is 0 Å². The van der Waals surface area contributed by atoms with Crippen LogP contribution in [-0.4, -0.2) is 62.5 Å². The van der Waals surface area contributed by atoms with Gasteiger partial charge in [-0.05, 0) is 19.1 Å². The molecule has 0 aliphatic carbocycles. The molecule has 24 heavy (non-hydrogen) atoms. The second kappa shape index (κ2) is 7.55. The lowest BCUT2D eigenvalue weighted by molar-refractivity contribution is -0.118. The molecule has 1 aliphatic rings. The number of carbonyl (C=O) groups is 1. The van der Waals surface area contributed by atoms with Crippen LogP contribution in [0.1, 0.15) is 12.7 Å². The van der Waals surface area contributed by atoms with Gasteiger partial charge in [0.05, 0.1) is 13.1 Å². The topological polar surface area (TPSA) is 66.3 Å². The molecule has 0 unspecified atom stereocenters. The third kappa shape index (κ3) is 4.18. The fourth-order valence-electron chi connectivity index (χ4n) is 3.02. The zero-order chi connectivity index (χ0) is 16.9. The minimum Gasteiger partial charge on any atom is -0.337 e. The molecule has 0 radical (unpaired) electrons. The van der Waals surface area contributed by atoms with E-state index in [1.165, 1.54) is 0 Å². The number of piperazine rings is 1. The summed E-state index contributed by atoms with van der Waals surface area (Å²) in [4.78, 5) is 25.1. The van der Waals surface area contributed by atoms with Crippen molar-refractivity contribution in [3.8, 4) is 0 Å². The van der Waals surface area contributed by atoms with Gasteiger partial charge in [-0.25, -0.2) is 4.98 Å². The maximum atomic E-state index is 12.2. The Morgan fingerprint density at radius 1 is 1.29 bits per heavy atom. The van der Waals surface area contributed by atoms with Crippen LogP contribution < -0.4 is 5.32 Å². The Labute approximate surface area is 142 Å². The van der Waals surface area contributed by atoms with E-state index < -0.39 is 0 Å². The van der Waals surface area contributed by atoms with Crippen LogP contribution in [0.3, 0.4) is 0 Å². The van der Waals surface area contributed by atoms with E-state index in [4.69, 9.17) is 0 Å². The van der Waals surface area contributed by atoms with Gasteiger partial charge >= 0.3 is 0 Å². The summed E-state index contributed by atoms with van der Waals surface area (Å²) >= 11 is 0. The van der Waals surface area contributed by atoms with E-state index >= 15 is 0 Å². The van der Waals surface area contributed by atoms with E-state index in [2.05, 4.69) is 36.6 Å². The molecular weight excluding hydrogens is 304 g/mol. The number of nitrogens with one attached hydrogen (secondary N) is 1. The Kier molecular flexibility index (Phi) is 5.22. The van der Waals surface area contributed by atoms with Crippen LogP contribution >= 0.6 is 0 Å². The quantitative estimate of drug-likeness (QED) is 0.885. The lowest BCUT2D eigenvalue weighted by Gasteiger charge is -2.39. The molecule has 1 N–H and O–H groups in total. The zero-order valence-electron chi connectivity index (χ0n) is 14.2. The molecule has 3 rings (SSSR count). The van der Waals surface area contributed by atoms with Crippen molar-refractivity contribution in [2.45, 2.75) is 19.5 Å². The summed E-state index contributed by atoms with van der Waals surface area (Å²) in [5.74, 6) is 1.09. The van der Waals surface area contributed by atoms with Crippen molar-refractivity contribution >= 4 is 11.6 Å². The standard InChI is InChI=1S/C17H24N6O/c1-14-11-22(13-17(24)20-15-3-5-18-6-4-15)9-10-23(14)12-16-19-7-8-21(16)2/h3-8,14H,9-13H2,1-2H3,(H,18,20,24)/t14-/m1/s1. The largest absolute Gasteiger partial charge is 0.337 e. The molecule has 3 heterocycles. The van der Waals surface area contributed by atoms with Crippen molar-refractivity contribution in [1.29, 1.82) is 0 Å². The van der Waals surface area contributed by atoms with Gasteiger partial charge in [-0.3, -0.25) is 19.6 Å². The van der Waals surface area contributed by atoms with Gasteiger partial charge in [0.2, 0.25) is 5.91 Å². The van der Waals surface area contributed by atoms with Crippen LogP contribution in [-0.2, 0) is 18.4 Å². The summed E-state index contributed by atoms with van der Waals surface area (Å²) in [7, 11) is 2.02. The monoisotopic (exact) mass is 328 g/mol. The molecular formula is C17H24N6O. The molecule has 0 bridgehead atoms. The van der Waals surface area contributed by atoms with Gasteiger partial charge in [-0.2, -0.15) is 0 Å². The molecule has 1 saturated heterocycles. The molecule has 1 amide bonds. The molecule has 2 aromatic rings. The fourth-order valence-corrected chi connectivity index (χ4v) is 3.02. The number of amides is 1. The van der Waals surface area contributed by atoms with Crippen LogP contribution in [0.4, 0.5) is 5.69 Å². The minimum atomic E-state index is 0.0194. The highest BCUT2D eigenvalue weighted by Gasteiger charge is 2.25. The molecule has 7 heteroatoms. The second-order valence-electron chi connectivity index (χ2n) is 6.29. The molecule has 7 nitrogen and oxygen atoms in total. The smallest absolute Gasteiger partial charge is 0.238 e. The Morgan fingerprint density at radius 3 is 2.75 bits per heavy atom. The van der Waals surface area contributed by atoms with E-state index in [9.17, 15) is 4.79 Å². The van der Waals surface area contributed by atoms with Crippen molar-refractivity contribution in [3.05, 3.63) is 42.7 Å². The van der Waals surface area contributed by atoms with Crippen LogP contribution in [0.2, 0.25) is 0 Å². The number of anilines is 1. The molecule has 0 aromatic carbocycles. The number of aromatic nitrogens is 3. The Bertz CT molecular complexity index is 671. The normalized spacial score (nSPS) is 19.3. The van der Waals surface area contributed by atoms with Gasteiger partial charge < -0.3 is 9.88 Å². The lowest BCUT2D eigenvalue weighted by Crippen LogP contribution is -2.53. The van der Waals surface area contributed by atoms with E-state index in [-0.39, 0.29) is 5.91 Å². The Balaban J connectivity index is 1.48. The highest BCUT2D eigenvalue weighted by atomic mass is 16.2. The van der Waals surface area contributed by atoms with E-state index in [1.54, 1.807) is 24.5 Å². The molecule has 2 aromatic heterocycles. The van der Waals surface area contributed by atoms with Gasteiger partial charge in [0.1, 0.15) is 5.82 Å². The van der Waals surface area contributed by atoms with E-state index in [0.717, 1.165) is 37.7 Å². The number of pyridine rings is 1. The van der Waals surface area contributed by atoms with Crippen molar-refractivity contribution in [2.24, 2.45) is 7.05 Å². The van der Waals surface area contributed by atoms with Crippen LogP contribution in [0.15, 0.2) is 36.9 Å². The summed E-state index contributed by atoms with van der Waals surface area (Å²) in [6.07, 6.45) is 7.15. The lowest BCUT2D eigenvalue weighted by atomic mass is 10.2. The Hall–Kier alpha value is -2.25. The first-order valence-electron chi connectivity index (χ1n) is 8.24. The summed E-state index contributed by atoms with van der Waals surface area (Å²) in [5.41, 5.74) is 0.788. The summed E-state index contributed by atoms with van der Waals surface area (Å²) in [6, 6.07) is 3.99. The SMILES string of the molecule is C[C@@H]1CN(CC(=O)Nc2ccncc2)CCN1Cc1nccn1C. The first-order valence-corrected chi connectivity index (χ1v) is 8.24. The van der Waals surface area contributed by atoms with Crippen molar-refractivity contribution in [1.82, 2.24) is 24.3 Å². The number of hydrogen-bond donors (Lipinski definition) is 1. The average Bonchev–Trinajstić information content (AvgIpc) is 2.96. The third-order valence-corrected chi connectivity index (χ3v) is 4.45. The maximum absolute atomic E-state index is 12.2. The summed E-state index contributed by atoms with van der Waals surface area (Å²) in [5, 5.41) is 2.91. The van der Waals surface area contributed by atoms with Crippen LogP contribution in [0.5, 0.6) is 0 Å². The highest BCUT2D eigenvalue weighted by Crippen LogP contribution is 2.13. The second-order valence-corrected chi connectivity index (χ2v) is 6.29. The number of carbonyl (C=O) groups excluding carboxylic acids is 1. The molecule has 1 atom stereocenters. The van der Waals surface area contributed by atoms with Gasteiger partial charge in [0, 0.05) is 63.2 Å². The molecule has 1 fully saturated rings. The van der Waals surface area contributed by atoms with Crippen molar-refractivity contribution in [3.63, 3.8) is 0 Å².